The normalized spacial score (nSPS) is 20.0. The second-order valence-corrected chi connectivity index (χ2v) is 6.66. The molecule has 0 spiro atoms. The summed E-state index contributed by atoms with van der Waals surface area (Å²) >= 11 is 0. The van der Waals surface area contributed by atoms with Crippen molar-refractivity contribution in [3.8, 4) is 0 Å². The maximum absolute atomic E-state index is 5.61. The van der Waals surface area contributed by atoms with E-state index >= 15 is 0 Å². The Hall–Kier alpha value is -2.74. The van der Waals surface area contributed by atoms with Crippen LogP contribution in [0.25, 0.3) is 11.0 Å². The molecule has 1 aliphatic rings. The fourth-order valence-corrected chi connectivity index (χ4v) is 3.54. The zero-order valence-corrected chi connectivity index (χ0v) is 15.3. The second-order valence-electron chi connectivity index (χ2n) is 6.66. The fourth-order valence-electron chi connectivity index (χ4n) is 3.54. The highest BCUT2D eigenvalue weighted by atomic mass is 16.5. The first-order chi connectivity index (χ1) is 12.7. The van der Waals surface area contributed by atoms with Crippen molar-refractivity contribution in [1.29, 1.82) is 0 Å². The quantitative estimate of drug-likeness (QED) is 0.749. The number of hydrogen-bond acceptors (Lipinski definition) is 7. The minimum absolute atomic E-state index is 0.202. The number of fused-ring (bicyclic) bond motifs is 1. The van der Waals surface area contributed by atoms with Gasteiger partial charge in [-0.25, -0.2) is 15.0 Å². The van der Waals surface area contributed by atoms with Crippen molar-refractivity contribution >= 4 is 22.5 Å². The van der Waals surface area contributed by atoms with Crippen molar-refractivity contribution in [3.05, 3.63) is 36.5 Å². The molecule has 0 aromatic carbocycles. The number of aryl methyl sites for hydroxylation is 2. The van der Waals surface area contributed by atoms with Crippen LogP contribution in [0.1, 0.15) is 12.1 Å². The van der Waals surface area contributed by atoms with Gasteiger partial charge in [-0.1, -0.05) is 0 Å². The highest BCUT2D eigenvalue weighted by Gasteiger charge is 2.33. The van der Waals surface area contributed by atoms with Crippen LogP contribution < -0.4 is 10.2 Å². The lowest BCUT2D eigenvalue weighted by atomic mass is 10.2. The van der Waals surface area contributed by atoms with Crippen LogP contribution in [0.4, 0.5) is 11.5 Å². The van der Waals surface area contributed by atoms with Gasteiger partial charge >= 0.3 is 0 Å². The molecular weight excluding hydrogens is 330 g/mol. The van der Waals surface area contributed by atoms with E-state index in [0.717, 1.165) is 47.7 Å². The minimum Gasteiger partial charge on any atom is -0.382 e. The summed E-state index contributed by atoms with van der Waals surface area (Å²) in [5.41, 5.74) is 2.89. The average molecular weight is 353 g/mol. The molecule has 8 nitrogen and oxygen atoms in total. The SMILES string of the molecule is CO[C@H]1C[C@@H](CNc2ccnc3c2cnn3C)N(c2cc(C)ncn2)C1. The number of rotatable bonds is 5. The Balaban J connectivity index is 1.55. The van der Waals surface area contributed by atoms with Gasteiger partial charge in [0.25, 0.3) is 0 Å². The summed E-state index contributed by atoms with van der Waals surface area (Å²) in [5, 5.41) is 8.90. The molecule has 2 atom stereocenters. The van der Waals surface area contributed by atoms with Crippen molar-refractivity contribution in [3.63, 3.8) is 0 Å². The Morgan fingerprint density at radius 1 is 1.31 bits per heavy atom. The molecule has 3 aromatic heterocycles. The predicted octanol–water partition coefficient (Wildman–Crippen LogP) is 1.77. The second kappa shape index (κ2) is 6.87. The monoisotopic (exact) mass is 353 g/mol. The van der Waals surface area contributed by atoms with E-state index in [2.05, 4.69) is 30.3 Å². The Labute approximate surface area is 152 Å². The fraction of sp³-hybridized carbons (Fsp3) is 0.444. The Morgan fingerprint density at radius 3 is 3.00 bits per heavy atom. The molecule has 0 unspecified atom stereocenters. The van der Waals surface area contributed by atoms with Gasteiger partial charge in [0.1, 0.15) is 12.1 Å². The summed E-state index contributed by atoms with van der Waals surface area (Å²) < 4.78 is 7.40. The molecule has 1 aliphatic heterocycles. The van der Waals surface area contributed by atoms with Crippen LogP contribution in [-0.2, 0) is 11.8 Å². The van der Waals surface area contributed by atoms with Gasteiger partial charge in [0, 0.05) is 50.9 Å². The summed E-state index contributed by atoms with van der Waals surface area (Å²) in [5.74, 6) is 0.949. The third kappa shape index (κ3) is 3.08. The van der Waals surface area contributed by atoms with E-state index in [1.807, 2.05) is 38.5 Å². The number of anilines is 2. The van der Waals surface area contributed by atoms with Gasteiger partial charge in [-0.15, -0.1) is 0 Å². The molecule has 3 aromatic rings. The summed E-state index contributed by atoms with van der Waals surface area (Å²) in [6.07, 6.45) is 6.44. The first-order valence-electron chi connectivity index (χ1n) is 8.74. The molecule has 1 fully saturated rings. The van der Waals surface area contributed by atoms with Gasteiger partial charge in [0.05, 0.1) is 23.7 Å². The summed E-state index contributed by atoms with van der Waals surface area (Å²) in [7, 11) is 3.67. The Bertz CT molecular complexity index is 909. The molecule has 4 rings (SSSR count). The van der Waals surface area contributed by atoms with Crippen LogP contribution in [0.2, 0.25) is 0 Å². The van der Waals surface area contributed by atoms with Gasteiger partial charge in [-0.05, 0) is 19.4 Å². The Kier molecular flexibility index (Phi) is 4.42. The van der Waals surface area contributed by atoms with E-state index < -0.39 is 0 Å². The van der Waals surface area contributed by atoms with Gasteiger partial charge in [-0.3, -0.25) is 4.68 Å². The zero-order valence-electron chi connectivity index (χ0n) is 15.3. The molecule has 0 aliphatic carbocycles. The molecule has 4 heterocycles. The minimum atomic E-state index is 0.202. The van der Waals surface area contributed by atoms with E-state index in [4.69, 9.17) is 4.74 Å². The van der Waals surface area contributed by atoms with E-state index in [9.17, 15) is 0 Å². The number of aromatic nitrogens is 5. The van der Waals surface area contributed by atoms with Crippen LogP contribution in [0.3, 0.4) is 0 Å². The molecule has 0 radical (unpaired) electrons. The molecule has 0 saturated carbocycles. The maximum atomic E-state index is 5.61. The van der Waals surface area contributed by atoms with Crippen molar-refractivity contribution < 1.29 is 4.74 Å². The number of hydrogen-bond donors (Lipinski definition) is 1. The van der Waals surface area contributed by atoms with Crippen molar-refractivity contribution in [1.82, 2.24) is 24.7 Å². The lowest BCUT2D eigenvalue weighted by Crippen LogP contribution is -2.35. The van der Waals surface area contributed by atoms with Gasteiger partial charge < -0.3 is 15.0 Å². The van der Waals surface area contributed by atoms with E-state index in [1.54, 1.807) is 18.1 Å². The van der Waals surface area contributed by atoms with Gasteiger partial charge in [0.15, 0.2) is 5.65 Å². The summed E-state index contributed by atoms with van der Waals surface area (Å²) in [4.78, 5) is 15.4. The average Bonchev–Trinajstić information content (AvgIpc) is 3.24. The molecule has 1 saturated heterocycles. The third-order valence-corrected chi connectivity index (χ3v) is 4.96. The lowest BCUT2D eigenvalue weighted by molar-refractivity contribution is 0.118. The van der Waals surface area contributed by atoms with Crippen LogP contribution >= 0.6 is 0 Å². The van der Waals surface area contributed by atoms with E-state index in [-0.39, 0.29) is 12.1 Å². The Morgan fingerprint density at radius 2 is 2.19 bits per heavy atom. The lowest BCUT2D eigenvalue weighted by Gasteiger charge is -2.26. The number of methoxy groups -OCH3 is 1. The van der Waals surface area contributed by atoms with Crippen LogP contribution in [0, 0.1) is 6.92 Å². The van der Waals surface area contributed by atoms with Gasteiger partial charge in [-0.2, -0.15) is 5.10 Å². The number of pyridine rings is 1. The summed E-state index contributed by atoms with van der Waals surface area (Å²) in [6.45, 7) is 3.60. The van der Waals surface area contributed by atoms with Crippen molar-refractivity contribution in [2.45, 2.75) is 25.5 Å². The summed E-state index contributed by atoms with van der Waals surface area (Å²) in [6, 6.07) is 4.30. The van der Waals surface area contributed by atoms with Crippen molar-refractivity contribution in [2.75, 3.05) is 30.4 Å². The molecule has 1 N–H and O–H groups in total. The molecular formula is C18H23N7O. The molecule has 0 amide bonds. The van der Waals surface area contributed by atoms with Crippen LogP contribution in [0.15, 0.2) is 30.9 Å². The zero-order chi connectivity index (χ0) is 18.1. The van der Waals surface area contributed by atoms with Crippen LogP contribution in [0.5, 0.6) is 0 Å². The third-order valence-electron chi connectivity index (χ3n) is 4.96. The molecule has 8 heteroatoms. The highest BCUT2D eigenvalue weighted by Crippen LogP contribution is 2.27. The molecule has 26 heavy (non-hydrogen) atoms. The number of nitrogens with zero attached hydrogens (tertiary/aromatic N) is 6. The topological polar surface area (TPSA) is 81.0 Å². The first-order valence-corrected chi connectivity index (χ1v) is 8.74. The molecule has 0 bridgehead atoms. The van der Waals surface area contributed by atoms with E-state index in [0.29, 0.717) is 0 Å². The first kappa shape index (κ1) is 16.7. The smallest absolute Gasteiger partial charge is 0.159 e. The van der Waals surface area contributed by atoms with Crippen LogP contribution in [-0.4, -0.2) is 57.1 Å². The van der Waals surface area contributed by atoms with E-state index in [1.165, 1.54) is 0 Å². The number of nitrogens with one attached hydrogen (secondary N) is 1. The highest BCUT2D eigenvalue weighted by molar-refractivity contribution is 5.88. The molecule has 136 valence electrons. The van der Waals surface area contributed by atoms with Gasteiger partial charge in [0.2, 0.25) is 0 Å². The predicted molar refractivity (Wildman–Crippen MR) is 100 cm³/mol. The van der Waals surface area contributed by atoms with Crippen molar-refractivity contribution in [2.24, 2.45) is 7.05 Å². The maximum Gasteiger partial charge on any atom is 0.159 e. The largest absolute Gasteiger partial charge is 0.382 e. The number of ether oxygens (including phenoxy) is 1. The standard InChI is InChI=1S/C18H23N7O/c1-12-6-17(22-11-21-12)25-10-14(26-3)7-13(25)8-20-16-4-5-19-18-15(16)9-23-24(18)2/h4-6,9,11,13-14H,7-8,10H2,1-3H3,(H,19,20)/t13-,14-/m0/s1.